The quantitative estimate of drug-likeness (QED) is 0.579. The van der Waals surface area contributed by atoms with Gasteiger partial charge in [0, 0.05) is 11.9 Å². The second-order valence-corrected chi connectivity index (χ2v) is 6.38. The number of benzene rings is 2. The number of ether oxygens (including phenoxy) is 2. The van der Waals surface area contributed by atoms with Crippen molar-refractivity contribution in [1.82, 2.24) is 4.57 Å². The van der Waals surface area contributed by atoms with E-state index in [0.29, 0.717) is 13.2 Å². The molecular formula is C20H23BrN2O3S. The highest BCUT2D eigenvalue weighted by Gasteiger charge is 2.08. The van der Waals surface area contributed by atoms with Crippen LogP contribution in [0.15, 0.2) is 58.9 Å². The number of rotatable bonds is 7. The van der Waals surface area contributed by atoms with Crippen LogP contribution in [0.4, 0.5) is 5.69 Å². The summed E-state index contributed by atoms with van der Waals surface area (Å²) in [5.41, 5.74) is 2.94. The number of hydrogen-bond donors (Lipinski definition) is 1. The average Bonchev–Trinajstić information content (AvgIpc) is 3.06. The van der Waals surface area contributed by atoms with Gasteiger partial charge in [-0.15, -0.1) is 28.3 Å². The van der Waals surface area contributed by atoms with Crippen molar-refractivity contribution in [2.24, 2.45) is 4.99 Å². The van der Waals surface area contributed by atoms with Gasteiger partial charge < -0.3 is 19.1 Å². The number of halogens is 1. The van der Waals surface area contributed by atoms with E-state index < -0.39 is 0 Å². The largest absolute Gasteiger partial charge is 0.497 e. The number of aromatic nitrogens is 1. The molecule has 0 bridgehead atoms. The Labute approximate surface area is 173 Å². The average molecular weight is 451 g/mol. The molecule has 0 atom stereocenters. The van der Waals surface area contributed by atoms with Crippen LogP contribution in [0.2, 0.25) is 0 Å². The van der Waals surface area contributed by atoms with Gasteiger partial charge in [-0.25, -0.2) is 4.99 Å². The number of nitrogens with zero attached hydrogens (tertiary/aromatic N) is 2. The summed E-state index contributed by atoms with van der Waals surface area (Å²) in [4.78, 5) is 5.56. The van der Waals surface area contributed by atoms with Gasteiger partial charge in [0.1, 0.15) is 11.5 Å². The van der Waals surface area contributed by atoms with Gasteiger partial charge in [0.25, 0.3) is 0 Å². The summed E-state index contributed by atoms with van der Waals surface area (Å²) in [5, 5.41) is 11.6. The molecule has 3 rings (SSSR count). The van der Waals surface area contributed by atoms with Crippen molar-refractivity contribution in [3.63, 3.8) is 0 Å². The number of methoxy groups -OCH3 is 1. The third kappa shape index (κ3) is 5.22. The molecular weight excluding hydrogens is 428 g/mol. The maximum atomic E-state index is 9.49. The highest BCUT2D eigenvalue weighted by molar-refractivity contribution is 8.93. The number of aliphatic hydroxyl groups is 1. The predicted octanol–water partition coefficient (Wildman–Crippen LogP) is 4.43. The third-order valence-electron chi connectivity index (χ3n) is 3.88. The molecule has 2 aromatic carbocycles. The Kier molecular flexibility index (Phi) is 8.09. The Morgan fingerprint density at radius 1 is 1.04 bits per heavy atom. The summed E-state index contributed by atoms with van der Waals surface area (Å²) in [6.07, 6.45) is 0. The molecule has 0 saturated heterocycles. The van der Waals surface area contributed by atoms with Crippen LogP contribution in [0.25, 0.3) is 11.3 Å². The van der Waals surface area contributed by atoms with Gasteiger partial charge in [-0.1, -0.05) is 0 Å². The zero-order valence-electron chi connectivity index (χ0n) is 15.3. The topological polar surface area (TPSA) is 56.0 Å². The molecule has 3 aromatic rings. The van der Waals surface area contributed by atoms with E-state index in [1.165, 1.54) is 0 Å². The van der Waals surface area contributed by atoms with Crippen LogP contribution in [0.5, 0.6) is 11.5 Å². The SMILES string of the molecule is Br.CCOc1ccc(-c2csc(=Nc3ccc(OC)cc3)n2CCO)cc1. The van der Waals surface area contributed by atoms with Crippen molar-refractivity contribution in [2.75, 3.05) is 20.3 Å². The Hall–Kier alpha value is -2.09. The first-order valence-electron chi connectivity index (χ1n) is 8.46. The zero-order chi connectivity index (χ0) is 18.4. The molecule has 144 valence electrons. The van der Waals surface area contributed by atoms with E-state index in [0.717, 1.165) is 33.2 Å². The van der Waals surface area contributed by atoms with Gasteiger partial charge in [-0.05, 0) is 61.0 Å². The van der Waals surface area contributed by atoms with Crippen molar-refractivity contribution in [2.45, 2.75) is 13.5 Å². The fraction of sp³-hybridized carbons (Fsp3) is 0.250. The van der Waals surface area contributed by atoms with Crippen molar-refractivity contribution in [3.8, 4) is 22.8 Å². The zero-order valence-corrected chi connectivity index (χ0v) is 17.8. The smallest absolute Gasteiger partial charge is 0.190 e. The van der Waals surface area contributed by atoms with Crippen LogP contribution in [-0.4, -0.2) is 30.0 Å². The number of aliphatic hydroxyl groups excluding tert-OH is 1. The molecule has 0 amide bonds. The normalized spacial score (nSPS) is 11.1. The second-order valence-electron chi connectivity index (χ2n) is 5.55. The summed E-state index contributed by atoms with van der Waals surface area (Å²) in [6.45, 7) is 3.15. The summed E-state index contributed by atoms with van der Waals surface area (Å²) in [5.74, 6) is 1.65. The molecule has 1 N–H and O–H groups in total. The van der Waals surface area contributed by atoms with Crippen LogP contribution in [0, 0.1) is 0 Å². The molecule has 0 aliphatic rings. The molecule has 27 heavy (non-hydrogen) atoms. The summed E-state index contributed by atoms with van der Waals surface area (Å²) in [6, 6.07) is 15.6. The first kappa shape index (κ1) is 21.2. The van der Waals surface area contributed by atoms with E-state index in [1.54, 1.807) is 18.4 Å². The van der Waals surface area contributed by atoms with Crippen LogP contribution in [0.1, 0.15) is 6.92 Å². The van der Waals surface area contributed by atoms with Crippen molar-refractivity contribution < 1.29 is 14.6 Å². The van der Waals surface area contributed by atoms with Crippen molar-refractivity contribution in [1.29, 1.82) is 0 Å². The van der Waals surface area contributed by atoms with E-state index in [9.17, 15) is 5.11 Å². The molecule has 0 aliphatic heterocycles. The number of hydrogen-bond acceptors (Lipinski definition) is 5. The fourth-order valence-corrected chi connectivity index (χ4v) is 3.58. The number of thiazole rings is 1. The first-order chi connectivity index (χ1) is 12.7. The van der Waals surface area contributed by atoms with E-state index in [-0.39, 0.29) is 23.6 Å². The Morgan fingerprint density at radius 2 is 1.70 bits per heavy atom. The van der Waals surface area contributed by atoms with Gasteiger partial charge in [0.15, 0.2) is 4.80 Å². The van der Waals surface area contributed by atoms with Gasteiger partial charge in [0.05, 0.1) is 31.7 Å². The summed E-state index contributed by atoms with van der Waals surface area (Å²) in [7, 11) is 1.64. The first-order valence-corrected chi connectivity index (χ1v) is 9.34. The van der Waals surface area contributed by atoms with Gasteiger partial charge in [-0.3, -0.25) is 0 Å². The van der Waals surface area contributed by atoms with Gasteiger partial charge in [-0.2, -0.15) is 0 Å². The second kappa shape index (κ2) is 10.3. The predicted molar refractivity (Wildman–Crippen MR) is 115 cm³/mol. The fourth-order valence-electron chi connectivity index (χ4n) is 2.62. The lowest BCUT2D eigenvalue weighted by Crippen LogP contribution is -2.17. The highest BCUT2D eigenvalue weighted by atomic mass is 79.9. The van der Waals surface area contributed by atoms with Gasteiger partial charge in [0.2, 0.25) is 0 Å². The minimum Gasteiger partial charge on any atom is -0.497 e. The van der Waals surface area contributed by atoms with E-state index in [4.69, 9.17) is 14.5 Å². The van der Waals surface area contributed by atoms with E-state index >= 15 is 0 Å². The van der Waals surface area contributed by atoms with Crippen molar-refractivity contribution in [3.05, 3.63) is 58.7 Å². The van der Waals surface area contributed by atoms with Gasteiger partial charge >= 0.3 is 0 Å². The van der Waals surface area contributed by atoms with Crippen LogP contribution in [-0.2, 0) is 6.54 Å². The minimum atomic E-state index is 0. The summed E-state index contributed by atoms with van der Waals surface area (Å²) >= 11 is 1.55. The van der Waals surface area contributed by atoms with E-state index in [2.05, 4.69) is 5.38 Å². The van der Waals surface area contributed by atoms with Crippen LogP contribution >= 0.6 is 28.3 Å². The third-order valence-corrected chi connectivity index (χ3v) is 4.74. The molecule has 0 radical (unpaired) electrons. The molecule has 5 nitrogen and oxygen atoms in total. The Balaban J connectivity index is 0.00000261. The lowest BCUT2D eigenvalue weighted by atomic mass is 10.1. The van der Waals surface area contributed by atoms with E-state index in [1.807, 2.05) is 60.0 Å². The van der Waals surface area contributed by atoms with Crippen LogP contribution in [0.3, 0.4) is 0 Å². The lowest BCUT2D eigenvalue weighted by Gasteiger charge is -2.09. The maximum absolute atomic E-state index is 9.49. The molecule has 1 heterocycles. The Morgan fingerprint density at radius 3 is 2.30 bits per heavy atom. The Bertz CT molecular complexity index is 902. The highest BCUT2D eigenvalue weighted by Crippen LogP contribution is 2.24. The molecule has 0 fully saturated rings. The standard InChI is InChI=1S/C20H22N2O3S.BrH/c1-3-25-18-8-4-15(5-9-18)19-14-26-20(22(19)12-13-23)21-16-6-10-17(24-2)11-7-16;/h4-11,14,23H,3,12-13H2,1-2H3;1H. The monoisotopic (exact) mass is 450 g/mol. The minimum absolute atomic E-state index is 0. The molecule has 0 saturated carbocycles. The maximum Gasteiger partial charge on any atom is 0.190 e. The summed E-state index contributed by atoms with van der Waals surface area (Å²) < 4.78 is 12.7. The molecule has 7 heteroatoms. The molecule has 0 aliphatic carbocycles. The molecule has 0 unspecified atom stereocenters. The van der Waals surface area contributed by atoms with Crippen molar-refractivity contribution >= 4 is 34.0 Å². The molecule has 1 aromatic heterocycles. The molecule has 0 spiro atoms. The van der Waals surface area contributed by atoms with Crippen LogP contribution < -0.4 is 14.3 Å². The lowest BCUT2D eigenvalue weighted by molar-refractivity contribution is 0.275.